The number of carbonyl (C=O) groups excluding carboxylic acids is 2. The summed E-state index contributed by atoms with van der Waals surface area (Å²) in [5.74, 6) is -0.0544. The van der Waals surface area contributed by atoms with Crippen LogP contribution in [-0.2, 0) is 9.59 Å². The number of carbonyl (C=O) groups is 2. The first-order valence-corrected chi connectivity index (χ1v) is 10.0. The molecular weight excluding hydrogens is 372 g/mol. The molecule has 2 heterocycles. The molecule has 0 spiro atoms. The standard InChI is InChI=1S/C23H23ClN2O2/c1-15-7-6-12-25(14-15)21-20(17-8-4-3-5-9-17)22(27)26(23(21)28)19-13-18(24)11-10-16(19)2/h3-5,8-11,13,15H,6-7,12,14H2,1-2H3. The molecule has 0 aliphatic carbocycles. The lowest BCUT2D eigenvalue weighted by molar-refractivity contribution is -0.120. The zero-order valence-corrected chi connectivity index (χ0v) is 16.9. The molecule has 4 rings (SSSR count). The van der Waals surface area contributed by atoms with Gasteiger partial charge in [0, 0.05) is 18.1 Å². The second kappa shape index (κ2) is 7.44. The van der Waals surface area contributed by atoms with Crippen LogP contribution in [0.3, 0.4) is 0 Å². The van der Waals surface area contributed by atoms with Gasteiger partial charge in [0.15, 0.2) is 0 Å². The minimum absolute atomic E-state index is 0.261. The van der Waals surface area contributed by atoms with Crippen LogP contribution in [-0.4, -0.2) is 29.8 Å². The van der Waals surface area contributed by atoms with Crippen LogP contribution in [0.4, 0.5) is 5.69 Å². The highest BCUT2D eigenvalue weighted by Crippen LogP contribution is 2.38. The monoisotopic (exact) mass is 394 g/mol. The molecule has 0 saturated carbocycles. The lowest BCUT2D eigenvalue weighted by Crippen LogP contribution is -2.39. The molecule has 2 aromatic carbocycles. The summed E-state index contributed by atoms with van der Waals surface area (Å²) in [5.41, 5.74) is 3.17. The Balaban J connectivity index is 1.85. The van der Waals surface area contributed by atoms with E-state index >= 15 is 0 Å². The minimum atomic E-state index is -0.283. The quantitative estimate of drug-likeness (QED) is 0.710. The Labute approximate surface area is 170 Å². The molecule has 1 unspecified atom stereocenters. The normalized spacial score (nSPS) is 20.3. The van der Waals surface area contributed by atoms with Crippen molar-refractivity contribution in [3.63, 3.8) is 0 Å². The van der Waals surface area contributed by atoms with Crippen molar-refractivity contribution < 1.29 is 9.59 Å². The number of nitrogens with zero attached hydrogens (tertiary/aromatic N) is 2. The Morgan fingerprint density at radius 1 is 1.04 bits per heavy atom. The second-order valence-corrected chi connectivity index (χ2v) is 8.10. The molecule has 1 fully saturated rings. The van der Waals surface area contributed by atoms with Crippen LogP contribution < -0.4 is 4.90 Å². The van der Waals surface area contributed by atoms with Crippen molar-refractivity contribution in [3.8, 4) is 0 Å². The van der Waals surface area contributed by atoms with Crippen molar-refractivity contribution >= 4 is 34.7 Å². The Hall–Kier alpha value is -2.59. The summed E-state index contributed by atoms with van der Waals surface area (Å²) < 4.78 is 0. The van der Waals surface area contributed by atoms with Gasteiger partial charge in [0.25, 0.3) is 11.8 Å². The van der Waals surface area contributed by atoms with Gasteiger partial charge in [-0.05, 0) is 48.9 Å². The number of rotatable bonds is 3. The fraction of sp³-hybridized carbons (Fsp3) is 0.304. The molecular formula is C23H23ClN2O2. The maximum atomic E-state index is 13.5. The van der Waals surface area contributed by atoms with Gasteiger partial charge < -0.3 is 4.90 Å². The van der Waals surface area contributed by atoms with E-state index in [2.05, 4.69) is 11.8 Å². The van der Waals surface area contributed by atoms with Gasteiger partial charge in [-0.25, -0.2) is 4.90 Å². The van der Waals surface area contributed by atoms with Gasteiger partial charge in [-0.3, -0.25) is 9.59 Å². The number of piperidine rings is 1. The number of aryl methyl sites for hydroxylation is 1. The number of amides is 2. The Morgan fingerprint density at radius 3 is 2.50 bits per heavy atom. The first-order chi connectivity index (χ1) is 13.5. The van der Waals surface area contributed by atoms with Crippen molar-refractivity contribution in [2.45, 2.75) is 26.7 Å². The van der Waals surface area contributed by atoms with Crippen LogP contribution >= 0.6 is 11.6 Å². The summed E-state index contributed by atoms with van der Waals surface area (Å²) in [7, 11) is 0. The molecule has 144 valence electrons. The van der Waals surface area contributed by atoms with Crippen molar-refractivity contribution in [2.75, 3.05) is 18.0 Å². The smallest absolute Gasteiger partial charge is 0.282 e. The van der Waals surface area contributed by atoms with E-state index < -0.39 is 0 Å². The van der Waals surface area contributed by atoms with Crippen LogP contribution in [0.1, 0.15) is 30.9 Å². The van der Waals surface area contributed by atoms with Crippen LogP contribution in [0.2, 0.25) is 5.02 Å². The van der Waals surface area contributed by atoms with Gasteiger partial charge in [0.1, 0.15) is 5.70 Å². The van der Waals surface area contributed by atoms with Gasteiger partial charge in [0.05, 0.1) is 11.3 Å². The predicted molar refractivity (Wildman–Crippen MR) is 112 cm³/mol. The summed E-state index contributed by atoms with van der Waals surface area (Å²) in [6.45, 7) is 5.65. The van der Waals surface area contributed by atoms with E-state index in [4.69, 9.17) is 11.6 Å². The van der Waals surface area contributed by atoms with Gasteiger partial charge in [-0.1, -0.05) is 54.9 Å². The van der Waals surface area contributed by atoms with Gasteiger partial charge in [-0.15, -0.1) is 0 Å². The zero-order chi connectivity index (χ0) is 19.8. The summed E-state index contributed by atoms with van der Waals surface area (Å²) in [6.07, 6.45) is 2.16. The molecule has 0 aromatic heterocycles. The number of likely N-dealkylation sites (tertiary alicyclic amines) is 1. The summed E-state index contributed by atoms with van der Waals surface area (Å²) in [4.78, 5) is 30.4. The average Bonchev–Trinajstić information content (AvgIpc) is 2.95. The first-order valence-electron chi connectivity index (χ1n) is 9.67. The average molecular weight is 395 g/mol. The molecule has 0 N–H and O–H groups in total. The van der Waals surface area contributed by atoms with Gasteiger partial charge in [-0.2, -0.15) is 0 Å². The SMILES string of the molecule is Cc1ccc(Cl)cc1N1C(=O)C(c2ccccc2)=C(N2CCCC(C)C2)C1=O. The molecule has 0 bridgehead atoms. The van der Waals surface area contributed by atoms with E-state index in [1.54, 1.807) is 12.1 Å². The summed E-state index contributed by atoms with van der Waals surface area (Å²) in [5, 5.41) is 0.502. The van der Waals surface area contributed by atoms with Crippen LogP contribution in [0, 0.1) is 12.8 Å². The van der Waals surface area contributed by atoms with Crippen molar-refractivity contribution in [2.24, 2.45) is 5.92 Å². The highest BCUT2D eigenvalue weighted by Gasteiger charge is 2.43. The maximum absolute atomic E-state index is 13.5. The molecule has 4 nitrogen and oxygen atoms in total. The summed E-state index contributed by atoms with van der Waals surface area (Å²) >= 11 is 6.17. The first kappa shape index (κ1) is 18.8. The second-order valence-electron chi connectivity index (χ2n) is 7.66. The molecule has 5 heteroatoms. The molecule has 1 atom stereocenters. The number of hydrogen-bond donors (Lipinski definition) is 0. The molecule has 2 aliphatic rings. The van der Waals surface area contributed by atoms with Gasteiger partial charge in [0.2, 0.25) is 0 Å². The Morgan fingerprint density at radius 2 is 1.79 bits per heavy atom. The fourth-order valence-corrected chi connectivity index (χ4v) is 4.28. The van der Waals surface area contributed by atoms with Crippen LogP contribution in [0.15, 0.2) is 54.2 Å². The summed E-state index contributed by atoms with van der Waals surface area (Å²) in [6, 6.07) is 14.8. The van der Waals surface area contributed by atoms with Crippen molar-refractivity contribution in [3.05, 3.63) is 70.4 Å². The largest absolute Gasteiger partial charge is 0.366 e. The lowest BCUT2D eigenvalue weighted by atomic mass is 9.98. The van der Waals surface area contributed by atoms with E-state index in [9.17, 15) is 9.59 Å². The molecule has 2 aliphatic heterocycles. The van der Waals surface area contributed by atoms with Gasteiger partial charge >= 0.3 is 0 Å². The van der Waals surface area contributed by atoms with Crippen LogP contribution in [0.25, 0.3) is 5.57 Å². The molecule has 2 aromatic rings. The number of benzene rings is 2. The van der Waals surface area contributed by atoms with Crippen LogP contribution in [0.5, 0.6) is 0 Å². The highest BCUT2D eigenvalue weighted by molar-refractivity contribution is 6.45. The lowest BCUT2D eigenvalue weighted by Gasteiger charge is -2.33. The van der Waals surface area contributed by atoms with E-state index in [1.165, 1.54) is 4.90 Å². The molecule has 28 heavy (non-hydrogen) atoms. The number of halogens is 1. The third-order valence-corrected chi connectivity index (χ3v) is 5.74. The topological polar surface area (TPSA) is 40.6 Å². The minimum Gasteiger partial charge on any atom is -0.366 e. The Bertz CT molecular complexity index is 968. The number of imide groups is 1. The van der Waals surface area contributed by atoms with E-state index in [0.29, 0.717) is 27.9 Å². The van der Waals surface area contributed by atoms with E-state index in [1.807, 2.05) is 43.3 Å². The van der Waals surface area contributed by atoms with E-state index in [0.717, 1.165) is 37.1 Å². The predicted octanol–water partition coefficient (Wildman–Crippen LogP) is 4.66. The fourth-order valence-electron chi connectivity index (χ4n) is 4.11. The maximum Gasteiger partial charge on any atom is 0.282 e. The molecule has 2 amide bonds. The molecule has 1 saturated heterocycles. The third kappa shape index (κ3) is 3.22. The number of hydrogen-bond acceptors (Lipinski definition) is 3. The third-order valence-electron chi connectivity index (χ3n) is 5.51. The molecule has 0 radical (unpaired) electrons. The van der Waals surface area contributed by atoms with Crippen molar-refractivity contribution in [1.29, 1.82) is 0 Å². The highest BCUT2D eigenvalue weighted by atomic mass is 35.5. The zero-order valence-electron chi connectivity index (χ0n) is 16.1. The van der Waals surface area contributed by atoms with E-state index in [-0.39, 0.29) is 11.8 Å². The van der Waals surface area contributed by atoms with Crippen molar-refractivity contribution in [1.82, 2.24) is 4.90 Å². The number of anilines is 1. The Kier molecular flexibility index (Phi) is 4.98.